The lowest BCUT2D eigenvalue weighted by Gasteiger charge is -2.13. The van der Waals surface area contributed by atoms with Crippen molar-refractivity contribution in [3.8, 4) is 5.75 Å². The molecule has 0 aromatic heterocycles. The minimum atomic E-state index is -0.352. The Balaban J connectivity index is 1.97. The van der Waals surface area contributed by atoms with Gasteiger partial charge in [-0.15, -0.1) is 0 Å². The molecule has 0 amide bonds. The second kappa shape index (κ2) is 6.39. The molecule has 0 aliphatic rings. The fourth-order valence-corrected chi connectivity index (χ4v) is 2.20. The zero-order valence-electron chi connectivity index (χ0n) is 11.5. The van der Waals surface area contributed by atoms with Gasteiger partial charge in [0.25, 0.3) is 0 Å². The highest BCUT2D eigenvalue weighted by Crippen LogP contribution is 2.15. The van der Waals surface area contributed by atoms with Crippen LogP contribution in [0.1, 0.15) is 16.7 Å². The highest BCUT2D eigenvalue weighted by molar-refractivity contribution is 5.29. The first-order chi connectivity index (χ1) is 9.19. The number of aliphatic hydroxyl groups is 1. The normalized spacial score (nSPS) is 12.2. The van der Waals surface area contributed by atoms with Crippen molar-refractivity contribution in [3.05, 3.63) is 65.2 Å². The molecule has 0 aliphatic heterocycles. The van der Waals surface area contributed by atoms with E-state index in [2.05, 4.69) is 19.1 Å². The lowest BCUT2D eigenvalue weighted by Crippen LogP contribution is -2.14. The third-order valence-corrected chi connectivity index (χ3v) is 3.35. The minimum Gasteiger partial charge on any atom is -0.497 e. The Morgan fingerprint density at radius 1 is 1.00 bits per heavy atom. The predicted octanol–water partition coefficient (Wildman–Crippen LogP) is 3.15. The van der Waals surface area contributed by atoms with E-state index in [1.54, 1.807) is 7.11 Å². The molecule has 0 fully saturated rings. The first kappa shape index (κ1) is 13.6. The van der Waals surface area contributed by atoms with Crippen molar-refractivity contribution in [3.63, 3.8) is 0 Å². The number of hydrogen-bond donors (Lipinski definition) is 1. The fraction of sp³-hybridized carbons (Fsp3) is 0.294. The van der Waals surface area contributed by atoms with Gasteiger partial charge in [-0.1, -0.05) is 36.4 Å². The average molecular weight is 256 g/mol. The molecule has 1 N–H and O–H groups in total. The van der Waals surface area contributed by atoms with E-state index < -0.39 is 0 Å². The predicted molar refractivity (Wildman–Crippen MR) is 77.6 cm³/mol. The summed E-state index contributed by atoms with van der Waals surface area (Å²) in [6, 6.07) is 16.0. The molecule has 1 atom stereocenters. The smallest absolute Gasteiger partial charge is 0.118 e. The summed E-state index contributed by atoms with van der Waals surface area (Å²) in [7, 11) is 1.65. The van der Waals surface area contributed by atoms with Crippen molar-refractivity contribution in [1.82, 2.24) is 0 Å². The van der Waals surface area contributed by atoms with E-state index in [1.807, 2.05) is 36.4 Å². The summed E-state index contributed by atoms with van der Waals surface area (Å²) in [4.78, 5) is 0. The first-order valence-corrected chi connectivity index (χ1v) is 6.54. The summed E-state index contributed by atoms with van der Waals surface area (Å²) >= 11 is 0. The number of aryl methyl sites for hydroxylation is 1. The Labute approximate surface area is 114 Å². The molecule has 0 bridgehead atoms. The Morgan fingerprint density at radius 3 is 2.32 bits per heavy atom. The molecule has 2 nitrogen and oxygen atoms in total. The number of ether oxygens (including phenoxy) is 1. The zero-order chi connectivity index (χ0) is 13.7. The summed E-state index contributed by atoms with van der Waals surface area (Å²) in [5, 5.41) is 10.2. The van der Waals surface area contributed by atoms with Crippen molar-refractivity contribution in [2.75, 3.05) is 7.11 Å². The number of aliphatic hydroxyl groups excluding tert-OH is 1. The zero-order valence-corrected chi connectivity index (χ0v) is 11.5. The number of rotatable bonds is 5. The summed E-state index contributed by atoms with van der Waals surface area (Å²) < 4.78 is 5.12. The second-order valence-corrected chi connectivity index (χ2v) is 4.84. The van der Waals surface area contributed by atoms with Crippen LogP contribution < -0.4 is 4.74 Å². The average Bonchev–Trinajstić information content (AvgIpc) is 2.42. The van der Waals surface area contributed by atoms with E-state index in [0.717, 1.165) is 11.3 Å². The van der Waals surface area contributed by atoms with Gasteiger partial charge in [0.1, 0.15) is 5.75 Å². The molecule has 0 saturated carbocycles. The number of hydrogen-bond acceptors (Lipinski definition) is 2. The van der Waals surface area contributed by atoms with Gasteiger partial charge in [-0.05, 0) is 48.6 Å². The standard InChI is InChI=1S/C17H20O2/c1-13-5-3-4-6-15(13)12-16(18)11-14-7-9-17(19-2)10-8-14/h3-10,16,18H,11-12H2,1-2H3. The molecule has 0 radical (unpaired) electrons. The molecule has 19 heavy (non-hydrogen) atoms. The third kappa shape index (κ3) is 3.83. The first-order valence-electron chi connectivity index (χ1n) is 6.54. The van der Waals surface area contributed by atoms with E-state index in [9.17, 15) is 5.11 Å². The van der Waals surface area contributed by atoms with Crippen LogP contribution in [0.4, 0.5) is 0 Å². The quantitative estimate of drug-likeness (QED) is 0.890. The van der Waals surface area contributed by atoms with E-state index in [4.69, 9.17) is 4.74 Å². The van der Waals surface area contributed by atoms with E-state index in [1.165, 1.54) is 11.1 Å². The van der Waals surface area contributed by atoms with Crippen LogP contribution in [0, 0.1) is 6.92 Å². The lowest BCUT2D eigenvalue weighted by molar-refractivity contribution is 0.175. The van der Waals surface area contributed by atoms with Crippen LogP contribution in [-0.4, -0.2) is 18.3 Å². The molecule has 0 spiro atoms. The van der Waals surface area contributed by atoms with E-state index >= 15 is 0 Å². The molecule has 0 heterocycles. The Bertz CT molecular complexity index is 517. The van der Waals surface area contributed by atoms with Crippen molar-refractivity contribution < 1.29 is 9.84 Å². The largest absolute Gasteiger partial charge is 0.497 e. The maximum Gasteiger partial charge on any atom is 0.118 e. The highest BCUT2D eigenvalue weighted by atomic mass is 16.5. The molecule has 2 aromatic rings. The fourth-order valence-electron chi connectivity index (χ4n) is 2.20. The molecular formula is C17H20O2. The summed E-state index contributed by atoms with van der Waals surface area (Å²) in [6.07, 6.45) is 1.01. The van der Waals surface area contributed by atoms with Crippen LogP contribution in [0.25, 0.3) is 0 Å². The van der Waals surface area contributed by atoms with Crippen LogP contribution in [0.15, 0.2) is 48.5 Å². The van der Waals surface area contributed by atoms with Gasteiger partial charge in [0.15, 0.2) is 0 Å². The summed E-state index contributed by atoms with van der Waals surface area (Å²) in [5.74, 6) is 0.845. The highest BCUT2D eigenvalue weighted by Gasteiger charge is 2.08. The molecular weight excluding hydrogens is 236 g/mol. The summed E-state index contributed by atoms with van der Waals surface area (Å²) in [6.45, 7) is 2.08. The topological polar surface area (TPSA) is 29.5 Å². The van der Waals surface area contributed by atoms with Crippen molar-refractivity contribution in [1.29, 1.82) is 0 Å². The van der Waals surface area contributed by atoms with Crippen LogP contribution in [0.5, 0.6) is 5.75 Å². The van der Waals surface area contributed by atoms with Gasteiger partial charge in [0.05, 0.1) is 13.2 Å². The van der Waals surface area contributed by atoms with Crippen LogP contribution in [0.2, 0.25) is 0 Å². The number of methoxy groups -OCH3 is 1. The lowest BCUT2D eigenvalue weighted by atomic mass is 9.98. The van der Waals surface area contributed by atoms with Crippen LogP contribution in [0.3, 0.4) is 0 Å². The van der Waals surface area contributed by atoms with Gasteiger partial charge >= 0.3 is 0 Å². The van der Waals surface area contributed by atoms with Gasteiger partial charge in [0.2, 0.25) is 0 Å². The van der Waals surface area contributed by atoms with Gasteiger partial charge in [0, 0.05) is 0 Å². The van der Waals surface area contributed by atoms with Crippen LogP contribution >= 0.6 is 0 Å². The maximum atomic E-state index is 10.2. The van der Waals surface area contributed by atoms with Gasteiger partial charge in [-0.2, -0.15) is 0 Å². The van der Waals surface area contributed by atoms with Crippen molar-refractivity contribution in [2.24, 2.45) is 0 Å². The van der Waals surface area contributed by atoms with Crippen LogP contribution in [-0.2, 0) is 12.8 Å². The van der Waals surface area contributed by atoms with E-state index in [0.29, 0.717) is 12.8 Å². The van der Waals surface area contributed by atoms with Gasteiger partial charge in [-0.25, -0.2) is 0 Å². The Hall–Kier alpha value is -1.80. The summed E-state index contributed by atoms with van der Waals surface area (Å²) in [5.41, 5.74) is 3.57. The molecule has 0 saturated heterocycles. The minimum absolute atomic E-state index is 0.352. The van der Waals surface area contributed by atoms with Gasteiger partial charge in [-0.3, -0.25) is 0 Å². The molecule has 2 aromatic carbocycles. The second-order valence-electron chi connectivity index (χ2n) is 4.84. The monoisotopic (exact) mass is 256 g/mol. The maximum absolute atomic E-state index is 10.2. The molecule has 1 unspecified atom stereocenters. The van der Waals surface area contributed by atoms with Crippen molar-refractivity contribution >= 4 is 0 Å². The number of benzene rings is 2. The molecule has 2 heteroatoms. The third-order valence-electron chi connectivity index (χ3n) is 3.35. The Kier molecular flexibility index (Phi) is 4.58. The molecule has 100 valence electrons. The SMILES string of the molecule is COc1ccc(CC(O)Cc2ccccc2C)cc1. The Morgan fingerprint density at radius 2 is 1.68 bits per heavy atom. The molecule has 0 aliphatic carbocycles. The van der Waals surface area contributed by atoms with Gasteiger partial charge < -0.3 is 9.84 Å². The van der Waals surface area contributed by atoms with Crippen molar-refractivity contribution in [2.45, 2.75) is 25.9 Å². The van der Waals surface area contributed by atoms with E-state index in [-0.39, 0.29) is 6.10 Å². The molecule has 2 rings (SSSR count).